The molecular weight excluding hydrogens is 333 g/mol. The highest BCUT2D eigenvalue weighted by Gasteiger charge is 2.21. The van der Waals surface area contributed by atoms with Gasteiger partial charge in [-0.1, -0.05) is 12.1 Å². The highest BCUT2D eigenvalue weighted by molar-refractivity contribution is 9.11. The first kappa shape index (κ1) is 14.1. The van der Waals surface area contributed by atoms with E-state index < -0.39 is 5.97 Å². The van der Waals surface area contributed by atoms with Gasteiger partial charge in [0.05, 0.1) is 11.0 Å². The van der Waals surface area contributed by atoms with Gasteiger partial charge in [-0.2, -0.15) is 0 Å². The molecule has 100 valence electrons. The molecule has 6 heteroatoms. The molecule has 0 aliphatic rings. The SMILES string of the molecule is CC(C)OC(=O)c1nc(Br)sc1-c1ccc(F)cc1. The number of ether oxygens (including phenoxy) is 1. The van der Waals surface area contributed by atoms with Crippen LogP contribution in [0.1, 0.15) is 24.3 Å². The molecule has 0 radical (unpaired) electrons. The normalized spacial score (nSPS) is 10.8. The summed E-state index contributed by atoms with van der Waals surface area (Å²) in [6.07, 6.45) is -0.214. The third-order valence-electron chi connectivity index (χ3n) is 2.24. The summed E-state index contributed by atoms with van der Waals surface area (Å²) >= 11 is 4.57. The Morgan fingerprint density at radius 2 is 2.00 bits per heavy atom. The molecule has 3 nitrogen and oxygen atoms in total. The number of carbonyl (C=O) groups is 1. The Labute approximate surface area is 122 Å². The highest BCUT2D eigenvalue weighted by Crippen LogP contribution is 2.33. The first-order valence-electron chi connectivity index (χ1n) is 5.60. The van der Waals surface area contributed by atoms with E-state index in [9.17, 15) is 9.18 Å². The summed E-state index contributed by atoms with van der Waals surface area (Å²) < 4.78 is 18.7. The van der Waals surface area contributed by atoms with Gasteiger partial charge in [0, 0.05) is 0 Å². The smallest absolute Gasteiger partial charge is 0.358 e. The molecule has 19 heavy (non-hydrogen) atoms. The van der Waals surface area contributed by atoms with Crippen LogP contribution in [0.5, 0.6) is 0 Å². The first-order chi connectivity index (χ1) is 8.97. The molecule has 0 unspecified atom stereocenters. The van der Waals surface area contributed by atoms with Crippen LogP contribution in [0.4, 0.5) is 4.39 Å². The molecule has 0 aliphatic carbocycles. The topological polar surface area (TPSA) is 39.2 Å². The third kappa shape index (κ3) is 3.39. The van der Waals surface area contributed by atoms with Crippen LogP contribution >= 0.6 is 27.3 Å². The van der Waals surface area contributed by atoms with Crippen molar-refractivity contribution in [2.45, 2.75) is 20.0 Å². The molecule has 0 saturated carbocycles. The fourth-order valence-corrected chi connectivity index (χ4v) is 2.95. The number of thiazole rings is 1. The number of rotatable bonds is 3. The molecule has 1 aromatic heterocycles. The summed E-state index contributed by atoms with van der Waals surface area (Å²) in [4.78, 5) is 16.8. The van der Waals surface area contributed by atoms with Crippen molar-refractivity contribution < 1.29 is 13.9 Å². The van der Waals surface area contributed by atoms with Gasteiger partial charge < -0.3 is 4.74 Å². The number of hydrogen-bond donors (Lipinski definition) is 0. The number of carbonyl (C=O) groups excluding carboxylic acids is 1. The van der Waals surface area contributed by atoms with Gasteiger partial charge >= 0.3 is 5.97 Å². The number of benzene rings is 1. The van der Waals surface area contributed by atoms with Crippen molar-refractivity contribution in [3.8, 4) is 10.4 Å². The van der Waals surface area contributed by atoms with Crippen molar-refractivity contribution in [2.75, 3.05) is 0 Å². The van der Waals surface area contributed by atoms with Crippen LogP contribution in [0.2, 0.25) is 0 Å². The second-order valence-electron chi connectivity index (χ2n) is 4.11. The molecule has 1 aromatic carbocycles. The van der Waals surface area contributed by atoms with E-state index >= 15 is 0 Å². The fraction of sp³-hybridized carbons (Fsp3) is 0.231. The Bertz CT molecular complexity index is 595. The molecular formula is C13H11BrFNO2S. The van der Waals surface area contributed by atoms with Gasteiger partial charge in [0.25, 0.3) is 0 Å². The zero-order chi connectivity index (χ0) is 14.0. The monoisotopic (exact) mass is 343 g/mol. The lowest BCUT2D eigenvalue weighted by molar-refractivity contribution is 0.0372. The second-order valence-corrected chi connectivity index (χ2v) is 6.38. The van der Waals surface area contributed by atoms with Crippen LogP contribution in [-0.2, 0) is 4.74 Å². The average molecular weight is 344 g/mol. The second kappa shape index (κ2) is 5.79. The van der Waals surface area contributed by atoms with Crippen molar-refractivity contribution in [3.05, 3.63) is 39.7 Å². The summed E-state index contributed by atoms with van der Waals surface area (Å²) in [5, 5.41) is 0. The maximum Gasteiger partial charge on any atom is 0.358 e. The lowest BCUT2D eigenvalue weighted by Crippen LogP contribution is -2.12. The van der Waals surface area contributed by atoms with Crippen LogP contribution in [0.3, 0.4) is 0 Å². The van der Waals surface area contributed by atoms with Gasteiger partial charge in [-0.25, -0.2) is 14.2 Å². The Balaban J connectivity index is 2.41. The van der Waals surface area contributed by atoms with Gasteiger partial charge in [0.15, 0.2) is 9.61 Å². The minimum absolute atomic E-state index is 0.214. The van der Waals surface area contributed by atoms with E-state index in [0.29, 0.717) is 8.79 Å². The number of nitrogens with zero attached hydrogens (tertiary/aromatic N) is 1. The van der Waals surface area contributed by atoms with Crippen LogP contribution in [0.15, 0.2) is 28.2 Å². The van der Waals surface area contributed by atoms with E-state index in [4.69, 9.17) is 4.74 Å². The first-order valence-corrected chi connectivity index (χ1v) is 7.21. The van der Waals surface area contributed by atoms with E-state index in [0.717, 1.165) is 5.56 Å². The molecule has 2 rings (SSSR count). The maximum absolute atomic E-state index is 12.9. The number of aromatic nitrogens is 1. The highest BCUT2D eigenvalue weighted by atomic mass is 79.9. The van der Waals surface area contributed by atoms with Gasteiger partial charge in [0.1, 0.15) is 5.82 Å². The molecule has 0 aliphatic heterocycles. The van der Waals surface area contributed by atoms with Crippen molar-refractivity contribution >= 4 is 33.2 Å². The number of halogens is 2. The molecule has 0 atom stereocenters. The van der Waals surface area contributed by atoms with E-state index in [2.05, 4.69) is 20.9 Å². The molecule has 0 N–H and O–H groups in total. The molecule has 0 amide bonds. The molecule has 0 bridgehead atoms. The lowest BCUT2D eigenvalue weighted by atomic mass is 10.1. The van der Waals surface area contributed by atoms with Crippen molar-refractivity contribution in [1.29, 1.82) is 0 Å². The van der Waals surface area contributed by atoms with Gasteiger partial charge in [-0.3, -0.25) is 0 Å². The summed E-state index contributed by atoms with van der Waals surface area (Å²) in [6, 6.07) is 5.92. The minimum atomic E-state index is -0.476. The zero-order valence-corrected chi connectivity index (χ0v) is 12.7. The molecule has 0 fully saturated rings. The third-order valence-corrected chi connectivity index (χ3v) is 3.80. The molecule has 0 saturated heterocycles. The minimum Gasteiger partial charge on any atom is -0.458 e. The largest absolute Gasteiger partial charge is 0.458 e. The van der Waals surface area contributed by atoms with Crippen molar-refractivity contribution in [3.63, 3.8) is 0 Å². The molecule has 1 heterocycles. The Kier molecular flexibility index (Phi) is 4.31. The summed E-state index contributed by atoms with van der Waals surface area (Å²) in [5.41, 5.74) is 0.984. The Morgan fingerprint density at radius 1 is 1.37 bits per heavy atom. The maximum atomic E-state index is 12.9. The van der Waals surface area contributed by atoms with Gasteiger partial charge in [0.2, 0.25) is 0 Å². The van der Waals surface area contributed by atoms with Gasteiger partial charge in [-0.15, -0.1) is 11.3 Å². The van der Waals surface area contributed by atoms with Crippen molar-refractivity contribution in [2.24, 2.45) is 0 Å². The van der Waals surface area contributed by atoms with Crippen LogP contribution in [0.25, 0.3) is 10.4 Å². The van der Waals surface area contributed by atoms with E-state index in [1.165, 1.54) is 23.5 Å². The summed E-state index contributed by atoms with van der Waals surface area (Å²) in [7, 11) is 0. The zero-order valence-electron chi connectivity index (χ0n) is 10.3. The predicted octanol–water partition coefficient (Wildman–Crippen LogP) is 4.28. The van der Waals surface area contributed by atoms with E-state index in [1.807, 2.05) is 0 Å². The number of hydrogen-bond acceptors (Lipinski definition) is 4. The fourth-order valence-electron chi connectivity index (χ4n) is 1.50. The van der Waals surface area contributed by atoms with Gasteiger partial charge in [-0.05, 0) is 47.5 Å². The van der Waals surface area contributed by atoms with Crippen LogP contribution in [-0.4, -0.2) is 17.1 Å². The summed E-state index contributed by atoms with van der Waals surface area (Å²) in [6.45, 7) is 3.55. The van der Waals surface area contributed by atoms with Crippen molar-refractivity contribution in [1.82, 2.24) is 4.98 Å². The van der Waals surface area contributed by atoms with Crippen LogP contribution < -0.4 is 0 Å². The standard InChI is InChI=1S/C13H11BrFNO2S/c1-7(2)18-12(17)10-11(19-13(14)16-10)8-3-5-9(15)6-4-8/h3-7H,1-2H3. The lowest BCUT2D eigenvalue weighted by Gasteiger charge is -2.07. The Hall–Kier alpha value is -1.27. The van der Waals surface area contributed by atoms with E-state index in [1.54, 1.807) is 26.0 Å². The average Bonchev–Trinajstić information content (AvgIpc) is 2.71. The summed E-state index contributed by atoms with van der Waals surface area (Å²) in [5.74, 6) is -0.796. The van der Waals surface area contributed by atoms with E-state index in [-0.39, 0.29) is 17.6 Å². The van der Waals surface area contributed by atoms with Crippen LogP contribution in [0, 0.1) is 5.82 Å². The number of esters is 1. The quantitative estimate of drug-likeness (QED) is 0.781. The molecule has 2 aromatic rings. The Morgan fingerprint density at radius 3 is 2.58 bits per heavy atom. The predicted molar refractivity (Wildman–Crippen MR) is 75.8 cm³/mol. The molecule has 0 spiro atoms.